The number of anilines is 1. The van der Waals surface area contributed by atoms with Gasteiger partial charge in [0.25, 0.3) is 5.91 Å². The number of rotatable bonds is 2. The van der Waals surface area contributed by atoms with Crippen LogP contribution in [0.15, 0.2) is 48.5 Å². The Morgan fingerprint density at radius 3 is 2.54 bits per heavy atom. The first-order chi connectivity index (χ1) is 11.5. The third-order valence-corrected chi connectivity index (χ3v) is 4.38. The van der Waals surface area contributed by atoms with Crippen LogP contribution in [-0.2, 0) is 4.79 Å². The maximum Gasteiger partial charge on any atom is 0.254 e. The van der Waals surface area contributed by atoms with Gasteiger partial charge in [-0.3, -0.25) is 9.59 Å². The largest absolute Gasteiger partial charge is 0.325 e. The van der Waals surface area contributed by atoms with Crippen LogP contribution >= 0.6 is 11.6 Å². The minimum atomic E-state index is -0.620. The number of hydrogen-bond acceptors (Lipinski definition) is 2. The van der Waals surface area contributed by atoms with Crippen molar-refractivity contribution in [3.8, 4) is 0 Å². The number of nitrogens with zero attached hydrogens (tertiary/aromatic N) is 2. The second kappa shape index (κ2) is 6.61. The topological polar surface area (TPSA) is 40.6 Å². The standard InChI is InChI=1S/C18H16ClFN2O2/c1-12-17(23)22(16-4-2-3-15(20)11-16)10-9-21(12)18(24)13-5-7-14(19)8-6-13/h2-8,11-12H,9-10H2,1H3. The molecule has 1 aliphatic rings. The molecule has 124 valence electrons. The monoisotopic (exact) mass is 346 g/mol. The Morgan fingerprint density at radius 1 is 1.17 bits per heavy atom. The maximum absolute atomic E-state index is 13.4. The average molecular weight is 347 g/mol. The van der Waals surface area contributed by atoms with E-state index in [2.05, 4.69) is 0 Å². The van der Waals surface area contributed by atoms with Gasteiger partial charge in [-0.15, -0.1) is 0 Å². The van der Waals surface area contributed by atoms with Crippen molar-refractivity contribution < 1.29 is 14.0 Å². The molecule has 2 aromatic rings. The van der Waals surface area contributed by atoms with Gasteiger partial charge in [0.05, 0.1) is 0 Å². The Labute approximate surface area is 144 Å². The molecule has 0 bridgehead atoms. The second-order valence-electron chi connectivity index (χ2n) is 5.65. The van der Waals surface area contributed by atoms with E-state index in [-0.39, 0.29) is 11.8 Å². The van der Waals surface area contributed by atoms with Crippen LogP contribution in [0.5, 0.6) is 0 Å². The molecule has 0 radical (unpaired) electrons. The molecule has 2 amide bonds. The quantitative estimate of drug-likeness (QED) is 0.836. The summed E-state index contributed by atoms with van der Waals surface area (Å²) in [5.41, 5.74) is 0.990. The van der Waals surface area contributed by atoms with Crippen molar-refractivity contribution in [3.05, 3.63) is 64.9 Å². The first-order valence-electron chi connectivity index (χ1n) is 7.61. The van der Waals surface area contributed by atoms with Gasteiger partial charge in [0.15, 0.2) is 0 Å². The zero-order valence-electron chi connectivity index (χ0n) is 13.1. The molecule has 1 atom stereocenters. The van der Waals surface area contributed by atoms with Gasteiger partial charge in [0, 0.05) is 29.4 Å². The third-order valence-electron chi connectivity index (χ3n) is 4.13. The van der Waals surface area contributed by atoms with Gasteiger partial charge in [-0.25, -0.2) is 4.39 Å². The van der Waals surface area contributed by atoms with Crippen molar-refractivity contribution >= 4 is 29.1 Å². The summed E-state index contributed by atoms with van der Waals surface area (Å²) >= 11 is 5.84. The van der Waals surface area contributed by atoms with Crippen molar-refractivity contribution in [1.82, 2.24) is 4.90 Å². The normalized spacial score (nSPS) is 18.0. The van der Waals surface area contributed by atoms with Crippen molar-refractivity contribution in [3.63, 3.8) is 0 Å². The Bertz CT molecular complexity index is 779. The van der Waals surface area contributed by atoms with E-state index in [9.17, 15) is 14.0 Å². The number of amides is 2. The Hall–Kier alpha value is -2.40. The van der Waals surface area contributed by atoms with Crippen LogP contribution in [0.4, 0.5) is 10.1 Å². The van der Waals surface area contributed by atoms with Crippen LogP contribution < -0.4 is 4.90 Å². The molecule has 0 spiro atoms. The lowest BCUT2D eigenvalue weighted by Crippen LogP contribution is -2.57. The fraction of sp³-hybridized carbons (Fsp3) is 0.222. The predicted molar refractivity (Wildman–Crippen MR) is 90.7 cm³/mol. The van der Waals surface area contributed by atoms with Gasteiger partial charge >= 0.3 is 0 Å². The molecular formula is C18H16ClFN2O2. The first-order valence-corrected chi connectivity index (χ1v) is 7.98. The van der Waals surface area contributed by atoms with Crippen molar-refractivity contribution in [2.24, 2.45) is 0 Å². The van der Waals surface area contributed by atoms with E-state index in [0.717, 1.165) is 0 Å². The highest BCUT2D eigenvalue weighted by atomic mass is 35.5. The number of hydrogen-bond donors (Lipinski definition) is 0. The maximum atomic E-state index is 13.4. The molecule has 0 N–H and O–H groups in total. The van der Waals surface area contributed by atoms with Gasteiger partial charge in [-0.1, -0.05) is 17.7 Å². The van der Waals surface area contributed by atoms with Crippen molar-refractivity contribution in [2.75, 3.05) is 18.0 Å². The summed E-state index contributed by atoms with van der Waals surface area (Å²) in [5.74, 6) is -0.840. The van der Waals surface area contributed by atoms with Gasteiger partial charge in [-0.2, -0.15) is 0 Å². The molecule has 4 nitrogen and oxygen atoms in total. The highest BCUT2D eigenvalue weighted by molar-refractivity contribution is 6.30. The number of halogens is 2. The van der Waals surface area contributed by atoms with E-state index in [1.807, 2.05) is 0 Å². The second-order valence-corrected chi connectivity index (χ2v) is 6.09. The summed E-state index contributed by atoms with van der Waals surface area (Å²) < 4.78 is 13.4. The van der Waals surface area contributed by atoms with E-state index < -0.39 is 11.9 Å². The van der Waals surface area contributed by atoms with Crippen molar-refractivity contribution in [1.29, 1.82) is 0 Å². The lowest BCUT2D eigenvalue weighted by atomic mass is 10.1. The van der Waals surface area contributed by atoms with E-state index in [1.165, 1.54) is 21.9 Å². The molecule has 0 saturated carbocycles. The highest BCUT2D eigenvalue weighted by Crippen LogP contribution is 2.22. The van der Waals surface area contributed by atoms with Gasteiger partial charge in [0.1, 0.15) is 11.9 Å². The number of benzene rings is 2. The zero-order valence-corrected chi connectivity index (χ0v) is 13.8. The summed E-state index contributed by atoms with van der Waals surface area (Å²) in [7, 11) is 0. The molecule has 1 aliphatic heterocycles. The molecule has 2 aromatic carbocycles. The fourth-order valence-electron chi connectivity index (χ4n) is 2.81. The molecular weight excluding hydrogens is 331 g/mol. The number of carbonyl (C=O) groups excluding carboxylic acids is 2. The SMILES string of the molecule is CC1C(=O)N(c2cccc(F)c2)CCN1C(=O)c1ccc(Cl)cc1. The van der Waals surface area contributed by atoms with Crippen LogP contribution in [0.2, 0.25) is 5.02 Å². The lowest BCUT2D eigenvalue weighted by Gasteiger charge is -2.39. The summed E-state index contributed by atoms with van der Waals surface area (Å²) in [6.07, 6.45) is 0. The van der Waals surface area contributed by atoms with E-state index in [4.69, 9.17) is 11.6 Å². The van der Waals surface area contributed by atoms with E-state index in [1.54, 1.807) is 43.3 Å². The third kappa shape index (κ3) is 3.12. The Balaban J connectivity index is 1.79. The molecule has 1 unspecified atom stereocenters. The van der Waals surface area contributed by atoms with Crippen LogP contribution in [0.1, 0.15) is 17.3 Å². The first kappa shape index (κ1) is 16.5. The molecule has 1 heterocycles. The fourth-order valence-corrected chi connectivity index (χ4v) is 2.93. The van der Waals surface area contributed by atoms with Gasteiger partial charge < -0.3 is 9.80 Å². The minimum Gasteiger partial charge on any atom is -0.325 e. The summed E-state index contributed by atoms with van der Waals surface area (Å²) in [4.78, 5) is 28.3. The number of carbonyl (C=O) groups is 2. The molecule has 24 heavy (non-hydrogen) atoms. The summed E-state index contributed by atoms with van der Waals surface area (Å²) in [6.45, 7) is 2.39. The molecule has 0 aromatic heterocycles. The predicted octanol–water partition coefficient (Wildman–Crippen LogP) is 3.36. The molecule has 1 saturated heterocycles. The summed E-state index contributed by atoms with van der Waals surface area (Å²) in [5, 5.41) is 0.548. The Morgan fingerprint density at radius 2 is 1.88 bits per heavy atom. The molecule has 1 fully saturated rings. The molecule has 0 aliphatic carbocycles. The summed E-state index contributed by atoms with van der Waals surface area (Å²) in [6, 6.07) is 11.8. The van der Waals surface area contributed by atoms with Crippen LogP contribution in [0, 0.1) is 5.82 Å². The van der Waals surface area contributed by atoms with Gasteiger partial charge in [-0.05, 0) is 49.4 Å². The van der Waals surface area contributed by atoms with E-state index >= 15 is 0 Å². The van der Waals surface area contributed by atoms with E-state index in [0.29, 0.717) is 29.4 Å². The van der Waals surface area contributed by atoms with Crippen molar-refractivity contribution in [2.45, 2.75) is 13.0 Å². The van der Waals surface area contributed by atoms with Crippen LogP contribution in [0.3, 0.4) is 0 Å². The molecule has 6 heteroatoms. The molecule has 3 rings (SSSR count). The minimum absolute atomic E-state index is 0.216. The number of piperazine rings is 1. The average Bonchev–Trinajstić information content (AvgIpc) is 2.57. The Kier molecular flexibility index (Phi) is 4.53. The zero-order chi connectivity index (χ0) is 17.3. The lowest BCUT2D eigenvalue weighted by molar-refractivity contribution is -0.124. The highest BCUT2D eigenvalue weighted by Gasteiger charge is 2.35. The van der Waals surface area contributed by atoms with Crippen LogP contribution in [-0.4, -0.2) is 35.8 Å². The smallest absolute Gasteiger partial charge is 0.254 e. The van der Waals surface area contributed by atoms with Gasteiger partial charge in [0.2, 0.25) is 5.91 Å². The van der Waals surface area contributed by atoms with Crippen LogP contribution in [0.25, 0.3) is 0 Å².